The minimum atomic E-state index is -0.375. The summed E-state index contributed by atoms with van der Waals surface area (Å²) in [5.41, 5.74) is 0.517. The molecule has 1 aromatic heterocycles. The summed E-state index contributed by atoms with van der Waals surface area (Å²) in [6, 6.07) is 4.85. The molecule has 5 nitrogen and oxygen atoms in total. The highest BCUT2D eigenvalue weighted by molar-refractivity contribution is 7.10. The van der Waals surface area contributed by atoms with Gasteiger partial charge in [-0.3, -0.25) is 4.79 Å². The van der Waals surface area contributed by atoms with Gasteiger partial charge in [0.2, 0.25) is 0 Å². The highest BCUT2D eigenvalue weighted by Gasteiger charge is 2.21. The third-order valence-corrected chi connectivity index (χ3v) is 3.56. The molecule has 2 N–H and O–H groups in total. The number of nitrogens with zero attached hydrogens (tertiary/aromatic N) is 2. The van der Waals surface area contributed by atoms with Gasteiger partial charge in [0.25, 0.3) is 5.91 Å². The SMILES string of the molecule is CC(C)(C)Nc1snnc1C(=O)Nc1ccc(Cl)cc1Cl. The van der Waals surface area contributed by atoms with Crippen LogP contribution < -0.4 is 10.6 Å². The normalized spacial score (nSPS) is 11.3. The van der Waals surface area contributed by atoms with Crippen LogP contribution in [0, 0.1) is 0 Å². The van der Waals surface area contributed by atoms with Gasteiger partial charge in [0, 0.05) is 22.1 Å². The van der Waals surface area contributed by atoms with Crippen molar-refractivity contribution >= 4 is 51.3 Å². The van der Waals surface area contributed by atoms with Crippen LogP contribution in [-0.2, 0) is 0 Å². The molecule has 1 amide bonds. The van der Waals surface area contributed by atoms with Crippen molar-refractivity contribution in [3.8, 4) is 0 Å². The number of amides is 1. The number of rotatable bonds is 3. The third-order valence-electron chi connectivity index (χ3n) is 2.37. The molecule has 0 bridgehead atoms. The van der Waals surface area contributed by atoms with E-state index < -0.39 is 0 Å². The van der Waals surface area contributed by atoms with Crippen molar-refractivity contribution in [2.75, 3.05) is 10.6 Å². The molecule has 0 fully saturated rings. The van der Waals surface area contributed by atoms with Gasteiger partial charge >= 0.3 is 0 Å². The first-order chi connectivity index (χ1) is 9.76. The third kappa shape index (κ3) is 4.30. The van der Waals surface area contributed by atoms with Gasteiger partial charge in [-0.1, -0.05) is 27.7 Å². The molecule has 0 aliphatic heterocycles. The zero-order valence-electron chi connectivity index (χ0n) is 11.7. The predicted molar refractivity (Wildman–Crippen MR) is 87.7 cm³/mol. The van der Waals surface area contributed by atoms with E-state index in [0.717, 1.165) is 11.5 Å². The van der Waals surface area contributed by atoms with Crippen LogP contribution in [0.4, 0.5) is 10.7 Å². The number of hydrogen-bond donors (Lipinski definition) is 2. The van der Waals surface area contributed by atoms with E-state index in [1.165, 1.54) is 0 Å². The summed E-state index contributed by atoms with van der Waals surface area (Å²) < 4.78 is 3.82. The monoisotopic (exact) mass is 344 g/mol. The molecule has 0 radical (unpaired) electrons. The van der Waals surface area contributed by atoms with Gasteiger partial charge in [-0.2, -0.15) is 0 Å². The van der Waals surface area contributed by atoms with Crippen LogP contribution in [0.15, 0.2) is 18.2 Å². The fraction of sp³-hybridized carbons (Fsp3) is 0.308. The maximum atomic E-state index is 12.3. The van der Waals surface area contributed by atoms with Crippen LogP contribution in [0.5, 0.6) is 0 Å². The number of nitrogens with one attached hydrogen (secondary N) is 2. The summed E-state index contributed by atoms with van der Waals surface area (Å²) >= 11 is 13.0. The Balaban J connectivity index is 2.19. The lowest BCUT2D eigenvalue weighted by molar-refractivity contribution is 0.102. The molecule has 0 saturated carbocycles. The second-order valence-corrected chi connectivity index (χ2v) is 7.00. The number of carbonyl (C=O) groups excluding carboxylic acids is 1. The summed E-state index contributed by atoms with van der Waals surface area (Å²) in [7, 11) is 0. The minimum Gasteiger partial charge on any atom is -0.369 e. The minimum absolute atomic E-state index is 0.193. The summed E-state index contributed by atoms with van der Waals surface area (Å²) in [6.45, 7) is 5.97. The lowest BCUT2D eigenvalue weighted by atomic mass is 10.1. The van der Waals surface area contributed by atoms with Crippen LogP contribution >= 0.6 is 34.7 Å². The quantitative estimate of drug-likeness (QED) is 0.870. The Hall–Kier alpha value is -1.37. The van der Waals surface area contributed by atoms with E-state index in [9.17, 15) is 4.79 Å². The van der Waals surface area contributed by atoms with Gasteiger partial charge in [0.05, 0.1) is 10.7 Å². The standard InChI is InChI=1S/C13H14Cl2N4OS/c1-13(2,3)17-12-10(18-19-21-12)11(20)16-9-5-4-7(14)6-8(9)15/h4-6,17H,1-3H3,(H,16,20). The fourth-order valence-electron chi connectivity index (χ4n) is 1.53. The van der Waals surface area contributed by atoms with E-state index in [-0.39, 0.29) is 17.1 Å². The highest BCUT2D eigenvalue weighted by atomic mass is 35.5. The maximum Gasteiger partial charge on any atom is 0.279 e. The number of aromatic nitrogens is 2. The Morgan fingerprint density at radius 2 is 2.00 bits per heavy atom. The topological polar surface area (TPSA) is 66.9 Å². The summed E-state index contributed by atoms with van der Waals surface area (Å²) in [6.07, 6.45) is 0. The zero-order valence-corrected chi connectivity index (χ0v) is 14.0. The molecule has 0 aliphatic rings. The Morgan fingerprint density at radius 1 is 1.29 bits per heavy atom. The average molecular weight is 345 g/mol. The molecule has 2 rings (SSSR count). The Bertz CT molecular complexity index is 666. The van der Waals surface area contributed by atoms with Crippen LogP contribution in [0.3, 0.4) is 0 Å². The Kier molecular flexibility index (Phi) is 4.70. The Labute approximate surface area is 136 Å². The highest BCUT2D eigenvalue weighted by Crippen LogP contribution is 2.27. The number of benzene rings is 1. The lowest BCUT2D eigenvalue weighted by Gasteiger charge is -2.20. The van der Waals surface area contributed by atoms with Crippen molar-refractivity contribution in [2.45, 2.75) is 26.3 Å². The zero-order chi connectivity index (χ0) is 15.6. The van der Waals surface area contributed by atoms with Crippen molar-refractivity contribution in [3.05, 3.63) is 33.9 Å². The van der Waals surface area contributed by atoms with E-state index in [4.69, 9.17) is 23.2 Å². The van der Waals surface area contributed by atoms with Gasteiger partial charge in [-0.15, -0.1) is 5.10 Å². The molecule has 1 heterocycles. The lowest BCUT2D eigenvalue weighted by Crippen LogP contribution is -2.27. The molecule has 2 aromatic rings. The molecular formula is C13H14Cl2N4OS. The summed E-state index contributed by atoms with van der Waals surface area (Å²) in [5, 5.41) is 11.3. The second kappa shape index (κ2) is 6.17. The first kappa shape index (κ1) is 16.0. The number of halogens is 2. The first-order valence-electron chi connectivity index (χ1n) is 6.13. The van der Waals surface area contributed by atoms with Crippen LogP contribution in [0.25, 0.3) is 0 Å². The van der Waals surface area contributed by atoms with Crippen LogP contribution in [0.1, 0.15) is 31.3 Å². The number of carbonyl (C=O) groups is 1. The number of anilines is 2. The average Bonchev–Trinajstić information content (AvgIpc) is 2.78. The molecule has 1 aromatic carbocycles. The van der Waals surface area contributed by atoms with Crippen molar-refractivity contribution in [1.82, 2.24) is 9.59 Å². The first-order valence-corrected chi connectivity index (χ1v) is 7.66. The molecule has 0 saturated heterocycles. The molecule has 21 heavy (non-hydrogen) atoms. The van der Waals surface area contributed by atoms with E-state index in [2.05, 4.69) is 20.2 Å². The summed E-state index contributed by atoms with van der Waals surface area (Å²) in [4.78, 5) is 12.3. The number of hydrogen-bond acceptors (Lipinski definition) is 5. The molecular weight excluding hydrogens is 331 g/mol. The second-order valence-electron chi connectivity index (χ2n) is 5.40. The molecule has 0 aliphatic carbocycles. The van der Waals surface area contributed by atoms with Gasteiger partial charge < -0.3 is 10.6 Å². The smallest absolute Gasteiger partial charge is 0.279 e. The molecule has 0 unspecified atom stereocenters. The molecule has 8 heteroatoms. The molecule has 112 valence electrons. The van der Waals surface area contributed by atoms with Crippen molar-refractivity contribution in [2.24, 2.45) is 0 Å². The fourth-order valence-corrected chi connectivity index (χ4v) is 2.77. The van der Waals surface area contributed by atoms with E-state index >= 15 is 0 Å². The van der Waals surface area contributed by atoms with Gasteiger partial charge in [-0.05, 0) is 39.0 Å². The van der Waals surface area contributed by atoms with Crippen molar-refractivity contribution < 1.29 is 4.79 Å². The largest absolute Gasteiger partial charge is 0.369 e. The Morgan fingerprint density at radius 3 is 2.62 bits per heavy atom. The van der Waals surface area contributed by atoms with E-state index in [1.807, 2.05) is 20.8 Å². The van der Waals surface area contributed by atoms with Gasteiger partial charge in [-0.25, -0.2) is 0 Å². The predicted octanol–water partition coefficient (Wildman–Crippen LogP) is 4.31. The van der Waals surface area contributed by atoms with Gasteiger partial charge in [0.1, 0.15) is 5.00 Å². The van der Waals surface area contributed by atoms with E-state index in [0.29, 0.717) is 20.7 Å². The van der Waals surface area contributed by atoms with E-state index in [1.54, 1.807) is 18.2 Å². The molecule has 0 atom stereocenters. The van der Waals surface area contributed by atoms with Crippen LogP contribution in [0.2, 0.25) is 10.0 Å². The van der Waals surface area contributed by atoms with Crippen molar-refractivity contribution in [3.63, 3.8) is 0 Å². The van der Waals surface area contributed by atoms with Crippen molar-refractivity contribution in [1.29, 1.82) is 0 Å². The van der Waals surface area contributed by atoms with Crippen LogP contribution in [-0.4, -0.2) is 21.0 Å². The summed E-state index contributed by atoms with van der Waals surface area (Å²) in [5.74, 6) is -0.375. The maximum absolute atomic E-state index is 12.3. The van der Waals surface area contributed by atoms with Gasteiger partial charge in [0.15, 0.2) is 5.69 Å². The molecule has 0 spiro atoms.